The van der Waals surface area contributed by atoms with E-state index in [1.807, 2.05) is 19.1 Å². The lowest BCUT2D eigenvalue weighted by atomic mass is 10.2. The molecule has 1 aromatic carbocycles. The van der Waals surface area contributed by atoms with Gasteiger partial charge < -0.3 is 9.80 Å². The summed E-state index contributed by atoms with van der Waals surface area (Å²) in [6.45, 7) is 3.90. The Morgan fingerprint density at radius 3 is 2.36 bits per heavy atom. The van der Waals surface area contributed by atoms with Crippen LogP contribution in [0.15, 0.2) is 24.3 Å². The molecule has 25 heavy (non-hydrogen) atoms. The highest BCUT2D eigenvalue weighted by Gasteiger charge is 2.34. The molecular formula is C17H23ClN2O4S. The molecule has 0 bridgehead atoms. The van der Waals surface area contributed by atoms with Gasteiger partial charge in [0.15, 0.2) is 9.84 Å². The normalized spacial score (nSPS) is 18.8. The molecule has 1 atom stereocenters. The Morgan fingerprint density at radius 2 is 1.88 bits per heavy atom. The molecule has 0 aliphatic carbocycles. The molecule has 8 heteroatoms. The van der Waals surface area contributed by atoms with Crippen LogP contribution in [0.2, 0.25) is 5.02 Å². The fraction of sp³-hybridized carbons (Fsp3) is 0.529. The molecule has 0 aromatic heterocycles. The zero-order valence-corrected chi connectivity index (χ0v) is 16.0. The summed E-state index contributed by atoms with van der Waals surface area (Å²) in [7, 11) is -3.07. The minimum absolute atomic E-state index is 0.00381. The lowest BCUT2D eigenvalue weighted by Crippen LogP contribution is -2.47. The fourth-order valence-corrected chi connectivity index (χ4v) is 4.86. The number of carbonyl (C=O) groups excluding carboxylic acids is 2. The van der Waals surface area contributed by atoms with Gasteiger partial charge in [-0.2, -0.15) is 0 Å². The highest BCUT2D eigenvalue weighted by Crippen LogP contribution is 2.18. The van der Waals surface area contributed by atoms with Crippen LogP contribution in [0.5, 0.6) is 0 Å². The molecule has 1 fully saturated rings. The number of amides is 2. The van der Waals surface area contributed by atoms with Gasteiger partial charge in [-0.15, -0.1) is 0 Å². The van der Waals surface area contributed by atoms with Crippen molar-refractivity contribution in [2.24, 2.45) is 0 Å². The Balaban J connectivity index is 2.05. The Morgan fingerprint density at radius 1 is 1.24 bits per heavy atom. The van der Waals surface area contributed by atoms with Gasteiger partial charge in [-0.3, -0.25) is 9.59 Å². The summed E-state index contributed by atoms with van der Waals surface area (Å²) in [5, 5.41) is 0.605. The van der Waals surface area contributed by atoms with E-state index in [9.17, 15) is 18.0 Å². The SMILES string of the molecule is CCN(C(=O)CN(Cc1ccc(Cl)cc1)C(C)=O)C1CCS(=O)(=O)C1. The maximum Gasteiger partial charge on any atom is 0.242 e. The molecule has 2 amide bonds. The molecule has 1 aliphatic rings. The van der Waals surface area contributed by atoms with Crippen LogP contribution in [0.3, 0.4) is 0 Å². The van der Waals surface area contributed by atoms with Crippen molar-refractivity contribution in [3.8, 4) is 0 Å². The molecule has 1 saturated heterocycles. The van der Waals surface area contributed by atoms with Gasteiger partial charge in [-0.25, -0.2) is 8.42 Å². The maximum absolute atomic E-state index is 12.6. The number of carbonyl (C=O) groups is 2. The molecule has 2 rings (SSSR count). The second-order valence-corrected chi connectivity index (χ2v) is 8.90. The molecule has 0 radical (unpaired) electrons. The largest absolute Gasteiger partial charge is 0.337 e. The van der Waals surface area contributed by atoms with Crippen LogP contribution in [0.1, 0.15) is 25.8 Å². The van der Waals surface area contributed by atoms with E-state index in [1.165, 1.54) is 11.8 Å². The van der Waals surface area contributed by atoms with E-state index in [0.29, 0.717) is 24.5 Å². The van der Waals surface area contributed by atoms with Crippen molar-refractivity contribution in [1.82, 2.24) is 9.80 Å². The first-order chi connectivity index (χ1) is 11.7. The van der Waals surface area contributed by atoms with E-state index in [-0.39, 0.29) is 35.9 Å². The van der Waals surface area contributed by atoms with E-state index in [4.69, 9.17) is 11.6 Å². The topological polar surface area (TPSA) is 74.8 Å². The van der Waals surface area contributed by atoms with Crippen LogP contribution in [0.4, 0.5) is 0 Å². The van der Waals surface area contributed by atoms with Crippen molar-refractivity contribution in [3.05, 3.63) is 34.9 Å². The number of sulfone groups is 1. The third-order valence-electron chi connectivity index (χ3n) is 4.37. The first-order valence-electron chi connectivity index (χ1n) is 8.21. The predicted molar refractivity (Wildman–Crippen MR) is 97.0 cm³/mol. The second kappa shape index (κ2) is 8.19. The Labute approximate surface area is 153 Å². The van der Waals surface area contributed by atoms with E-state index in [0.717, 1.165) is 5.56 Å². The van der Waals surface area contributed by atoms with Crippen LogP contribution in [-0.4, -0.2) is 60.7 Å². The summed E-state index contributed by atoms with van der Waals surface area (Å²) >= 11 is 5.86. The monoisotopic (exact) mass is 386 g/mol. The molecule has 0 N–H and O–H groups in total. The van der Waals surface area contributed by atoms with Gasteiger partial charge in [0, 0.05) is 31.1 Å². The Kier molecular flexibility index (Phi) is 6.46. The summed E-state index contributed by atoms with van der Waals surface area (Å²) in [6, 6.07) is 6.79. The number of rotatable bonds is 6. The number of hydrogen-bond donors (Lipinski definition) is 0. The van der Waals surface area contributed by atoms with Crippen LogP contribution < -0.4 is 0 Å². The number of benzene rings is 1. The van der Waals surface area contributed by atoms with Crippen LogP contribution >= 0.6 is 11.6 Å². The molecule has 0 saturated carbocycles. The van der Waals surface area contributed by atoms with E-state index < -0.39 is 9.84 Å². The lowest BCUT2D eigenvalue weighted by molar-refractivity contribution is -0.140. The van der Waals surface area contributed by atoms with Gasteiger partial charge >= 0.3 is 0 Å². The lowest BCUT2D eigenvalue weighted by Gasteiger charge is -2.30. The van der Waals surface area contributed by atoms with E-state index in [1.54, 1.807) is 17.0 Å². The van der Waals surface area contributed by atoms with Crippen molar-refractivity contribution in [2.45, 2.75) is 32.9 Å². The standard InChI is InChI=1S/C17H23ClN2O4S/c1-3-20(16-8-9-25(23,24)12-16)17(22)11-19(13(2)21)10-14-4-6-15(18)7-5-14/h4-7,16H,3,8-12H2,1-2H3. The summed E-state index contributed by atoms with van der Waals surface area (Å²) in [5.74, 6) is -0.320. The minimum Gasteiger partial charge on any atom is -0.337 e. The van der Waals surface area contributed by atoms with Crippen LogP contribution in [-0.2, 0) is 26.0 Å². The number of nitrogens with zero attached hydrogens (tertiary/aromatic N) is 2. The van der Waals surface area contributed by atoms with Gasteiger partial charge in [0.1, 0.15) is 6.54 Å². The summed E-state index contributed by atoms with van der Waals surface area (Å²) in [4.78, 5) is 27.6. The Hall–Kier alpha value is -1.60. The van der Waals surface area contributed by atoms with Crippen molar-refractivity contribution in [1.29, 1.82) is 0 Å². The summed E-state index contributed by atoms with van der Waals surface area (Å²) < 4.78 is 23.3. The third-order valence-corrected chi connectivity index (χ3v) is 6.37. The zero-order valence-electron chi connectivity index (χ0n) is 14.4. The molecule has 1 aliphatic heterocycles. The molecule has 1 aromatic rings. The molecule has 0 spiro atoms. The second-order valence-electron chi connectivity index (χ2n) is 6.24. The maximum atomic E-state index is 12.6. The molecule has 1 unspecified atom stereocenters. The van der Waals surface area contributed by atoms with Crippen molar-refractivity contribution in [2.75, 3.05) is 24.6 Å². The van der Waals surface area contributed by atoms with Crippen molar-refractivity contribution >= 4 is 33.3 Å². The Bertz CT molecular complexity index is 734. The smallest absolute Gasteiger partial charge is 0.242 e. The minimum atomic E-state index is -3.07. The van der Waals surface area contributed by atoms with E-state index in [2.05, 4.69) is 0 Å². The predicted octanol–water partition coefficient (Wildman–Crippen LogP) is 1.72. The highest BCUT2D eigenvalue weighted by atomic mass is 35.5. The average molecular weight is 387 g/mol. The number of halogens is 1. The van der Waals surface area contributed by atoms with Gasteiger partial charge in [0.2, 0.25) is 11.8 Å². The summed E-state index contributed by atoms with van der Waals surface area (Å²) in [6.07, 6.45) is 0.458. The van der Waals surface area contributed by atoms with Crippen molar-refractivity contribution < 1.29 is 18.0 Å². The first kappa shape index (κ1) is 19.7. The molecule has 6 nitrogen and oxygen atoms in total. The third kappa shape index (κ3) is 5.44. The molecule has 138 valence electrons. The van der Waals surface area contributed by atoms with Gasteiger partial charge in [-0.1, -0.05) is 23.7 Å². The molecule has 1 heterocycles. The fourth-order valence-electron chi connectivity index (χ4n) is 3.00. The number of hydrogen-bond acceptors (Lipinski definition) is 4. The quantitative estimate of drug-likeness (QED) is 0.746. The van der Waals surface area contributed by atoms with E-state index >= 15 is 0 Å². The van der Waals surface area contributed by atoms with Crippen molar-refractivity contribution in [3.63, 3.8) is 0 Å². The van der Waals surface area contributed by atoms with Gasteiger partial charge in [0.05, 0.1) is 11.5 Å². The van der Waals surface area contributed by atoms with Crippen LogP contribution in [0.25, 0.3) is 0 Å². The molecular weight excluding hydrogens is 364 g/mol. The van der Waals surface area contributed by atoms with Crippen LogP contribution in [0, 0.1) is 0 Å². The highest BCUT2D eigenvalue weighted by molar-refractivity contribution is 7.91. The van der Waals surface area contributed by atoms with Gasteiger partial charge in [0.25, 0.3) is 0 Å². The van der Waals surface area contributed by atoms with Gasteiger partial charge in [-0.05, 0) is 31.0 Å². The summed E-state index contributed by atoms with van der Waals surface area (Å²) in [5.41, 5.74) is 0.874. The number of likely N-dealkylation sites (N-methyl/N-ethyl adjacent to an activating group) is 1. The average Bonchev–Trinajstić information content (AvgIpc) is 2.89. The first-order valence-corrected chi connectivity index (χ1v) is 10.4. The zero-order chi connectivity index (χ0) is 18.6.